The molecule has 2 atom stereocenters. The lowest BCUT2D eigenvalue weighted by molar-refractivity contribution is 0.0694. The molecule has 2 unspecified atom stereocenters. The maximum Gasteiger partial charge on any atom is 0.339 e. The quantitative estimate of drug-likeness (QED) is 0.666. The maximum atomic E-state index is 11.8. The topological polar surface area (TPSA) is 98.7 Å². The van der Waals surface area contributed by atoms with Crippen molar-refractivity contribution in [1.29, 1.82) is 0 Å². The number of benzene rings is 1. The van der Waals surface area contributed by atoms with Crippen LogP contribution in [0.2, 0.25) is 0 Å². The fraction of sp³-hybridized carbons (Fsp3) is 0.429. The van der Waals surface area contributed by atoms with Crippen LogP contribution in [0.15, 0.2) is 18.2 Å². The van der Waals surface area contributed by atoms with E-state index in [-0.39, 0.29) is 23.4 Å². The molecule has 1 aromatic rings. The summed E-state index contributed by atoms with van der Waals surface area (Å²) in [6.07, 6.45) is 0.954. The summed E-state index contributed by atoms with van der Waals surface area (Å²) in [5.74, 6) is -1.25. The fourth-order valence-corrected chi connectivity index (χ4v) is 1.66. The van der Waals surface area contributed by atoms with Crippen LogP contribution in [0.1, 0.15) is 37.6 Å². The van der Waals surface area contributed by atoms with Crippen LogP contribution in [0.4, 0.5) is 10.5 Å². The lowest BCUT2D eigenvalue weighted by atomic mass is 10.0. The zero-order valence-electron chi connectivity index (χ0n) is 11.8. The number of carboxylic acids is 1. The second-order valence-corrected chi connectivity index (χ2v) is 4.81. The average Bonchev–Trinajstić information content (AvgIpc) is 2.37. The number of rotatable bonds is 5. The van der Waals surface area contributed by atoms with Gasteiger partial charge in [-0.05, 0) is 25.0 Å². The van der Waals surface area contributed by atoms with Crippen molar-refractivity contribution in [3.63, 3.8) is 0 Å². The minimum Gasteiger partial charge on any atom is -0.507 e. The van der Waals surface area contributed by atoms with Crippen LogP contribution in [0, 0.1) is 5.92 Å². The molecule has 20 heavy (non-hydrogen) atoms. The Morgan fingerprint density at radius 1 is 1.30 bits per heavy atom. The maximum absolute atomic E-state index is 11.8. The molecule has 6 nitrogen and oxygen atoms in total. The number of carbonyl (C=O) groups is 2. The van der Waals surface area contributed by atoms with Gasteiger partial charge in [0.05, 0.1) is 0 Å². The highest BCUT2D eigenvalue weighted by molar-refractivity contribution is 5.94. The number of carbonyl (C=O) groups excluding carboxylic acids is 1. The third-order valence-corrected chi connectivity index (χ3v) is 3.34. The molecule has 0 bridgehead atoms. The molecule has 0 heterocycles. The van der Waals surface area contributed by atoms with Gasteiger partial charge in [0, 0.05) is 17.8 Å². The Bertz CT molecular complexity index is 502. The molecular weight excluding hydrogens is 260 g/mol. The van der Waals surface area contributed by atoms with E-state index in [1.54, 1.807) is 0 Å². The molecule has 110 valence electrons. The van der Waals surface area contributed by atoms with Gasteiger partial charge in [-0.3, -0.25) is 0 Å². The Morgan fingerprint density at radius 3 is 2.45 bits per heavy atom. The summed E-state index contributed by atoms with van der Waals surface area (Å²) in [5.41, 5.74) is 0.130. The van der Waals surface area contributed by atoms with Crippen molar-refractivity contribution in [1.82, 2.24) is 5.32 Å². The number of nitrogens with one attached hydrogen (secondary N) is 2. The first-order valence-corrected chi connectivity index (χ1v) is 6.49. The van der Waals surface area contributed by atoms with E-state index < -0.39 is 5.97 Å². The highest BCUT2D eigenvalue weighted by Crippen LogP contribution is 2.21. The molecule has 0 aliphatic rings. The summed E-state index contributed by atoms with van der Waals surface area (Å²) in [7, 11) is 0. The van der Waals surface area contributed by atoms with Crippen molar-refractivity contribution >= 4 is 17.7 Å². The van der Waals surface area contributed by atoms with Crippen molar-refractivity contribution in [3.05, 3.63) is 23.8 Å². The number of aromatic carboxylic acids is 1. The van der Waals surface area contributed by atoms with E-state index in [0.29, 0.717) is 11.6 Å². The number of aromatic hydroxyl groups is 1. The Kier molecular flexibility index (Phi) is 5.37. The largest absolute Gasteiger partial charge is 0.507 e. The molecule has 0 radical (unpaired) electrons. The first kappa shape index (κ1) is 15.8. The van der Waals surface area contributed by atoms with E-state index in [9.17, 15) is 14.7 Å². The van der Waals surface area contributed by atoms with Crippen LogP contribution >= 0.6 is 0 Å². The molecule has 0 aliphatic carbocycles. The summed E-state index contributed by atoms with van der Waals surface area (Å²) in [4.78, 5) is 22.5. The normalized spacial score (nSPS) is 13.3. The zero-order valence-corrected chi connectivity index (χ0v) is 11.8. The van der Waals surface area contributed by atoms with E-state index >= 15 is 0 Å². The molecule has 0 saturated heterocycles. The van der Waals surface area contributed by atoms with Crippen LogP contribution in [-0.4, -0.2) is 28.3 Å². The summed E-state index contributed by atoms with van der Waals surface area (Å²) < 4.78 is 0. The van der Waals surface area contributed by atoms with Crippen LogP contribution in [-0.2, 0) is 0 Å². The number of phenols is 1. The molecule has 1 aromatic carbocycles. The Hall–Kier alpha value is -2.24. The smallest absolute Gasteiger partial charge is 0.339 e. The summed E-state index contributed by atoms with van der Waals surface area (Å²) in [6.45, 7) is 6.00. The molecule has 0 saturated carbocycles. The molecule has 0 fully saturated rings. The van der Waals surface area contributed by atoms with E-state index in [1.165, 1.54) is 18.2 Å². The predicted octanol–water partition coefficient (Wildman–Crippen LogP) is 2.65. The minimum absolute atomic E-state index is 0.0203. The summed E-state index contributed by atoms with van der Waals surface area (Å²) in [5, 5.41) is 23.7. The minimum atomic E-state index is -1.22. The van der Waals surface area contributed by atoms with Crippen molar-refractivity contribution in [2.24, 2.45) is 5.92 Å². The van der Waals surface area contributed by atoms with Gasteiger partial charge in [0.1, 0.15) is 11.3 Å². The standard InChI is InChI=1S/C14H20N2O4/c1-4-8(2)9(3)15-14(20)16-10-5-6-11(13(18)19)12(17)7-10/h5-9,17H,4H2,1-3H3,(H,18,19)(H2,15,16,20). The predicted molar refractivity (Wildman–Crippen MR) is 76.1 cm³/mol. The highest BCUT2D eigenvalue weighted by Gasteiger charge is 2.14. The van der Waals surface area contributed by atoms with Gasteiger partial charge in [-0.2, -0.15) is 0 Å². The van der Waals surface area contributed by atoms with E-state index in [2.05, 4.69) is 10.6 Å². The molecule has 6 heteroatoms. The monoisotopic (exact) mass is 280 g/mol. The molecule has 2 amide bonds. The van der Waals surface area contributed by atoms with E-state index in [1.807, 2.05) is 20.8 Å². The average molecular weight is 280 g/mol. The summed E-state index contributed by atoms with van der Waals surface area (Å²) in [6, 6.07) is 3.51. The number of carboxylic acid groups (broad SMARTS) is 1. The molecule has 0 aliphatic heterocycles. The third kappa shape index (κ3) is 4.15. The van der Waals surface area contributed by atoms with Gasteiger partial charge in [0.25, 0.3) is 0 Å². The van der Waals surface area contributed by atoms with Gasteiger partial charge in [-0.1, -0.05) is 20.3 Å². The van der Waals surface area contributed by atoms with Gasteiger partial charge in [0.15, 0.2) is 0 Å². The lowest BCUT2D eigenvalue weighted by Gasteiger charge is -2.20. The van der Waals surface area contributed by atoms with Crippen molar-refractivity contribution in [3.8, 4) is 5.75 Å². The SMILES string of the molecule is CCC(C)C(C)NC(=O)Nc1ccc(C(=O)O)c(O)c1. The second-order valence-electron chi connectivity index (χ2n) is 4.81. The van der Waals surface area contributed by atoms with E-state index in [4.69, 9.17) is 5.11 Å². The van der Waals surface area contributed by atoms with Crippen LogP contribution in [0.3, 0.4) is 0 Å². The van der Waals surface area contributed by atoms with Crippen LogP contribution < -0.4 is 10.6 Å². The number of amides is 2. The van der Waals surface area contributed by atoms with Crippen molar-refractivity contribution < 1.29 is 19.8 Å². The first-order valence-electron chi connectivity index (χ1n) is 6.49. The van der Waals surface area contributed by atoms with Crippen LogP contribution in [0.25, 0.3) is 0 Å². The third-order valence-electron chi connectivity index (χ3n) is 3.34. The van der Waals surface area contributed by atoms with Crippen LogP contribution in [0.5, 0.6) is 5.75 Å². The number of urea groups is 1. The molecule has 1 rings (SSSR count). The van der Waals surface area contributed by atoms with Gasteiger partial charge < -0.3 is 20.8 Å². The number of anilines is 1. The highest BCUT2D eigenvalue weighted by atomic mass is 16.4. The molecular formula is C14H20N2O4. The van der Waals surface area contributed by atoms with Crippen molar-refractivity contribution in [2.45, 2.75) is 33.2 Å². The Balaban J connectivity index is 2.67. The van der Waals surface area contributed by atoms with Crippen molar-refractivity contribution in [2.75, 3.05) is 5.32 Å². The lowest BCUT2D eigenvalue weighted by Crippen LogP contribution is -2.39. The Labute approximate surface area is 117 Å². The zero-order chi connectivity index (χ0) is 15.3. The fourth-order valence-electron chi connectivity index (χ4n) is 1.66. The Morgan fingerprint density at radius 2 is 1.95 bits per heavy atom. The van der Waals surface area contributed by atoms with Gasteiger partial charge in [-0.25, -0.2) is 9.59 Å². The second kappa shape index (κ2) is 6.79. The van der Waals surface area contributed by atoms with Gasteiger partial charge in [0.2, 0.25) is 0 Å². The molecule has 4 N–H and O–H groups in total. The first-order chi connectivity index (χ1) is 9.35. The summed E-state index contributed by atoms with van der Waals surface area (Å²) >= 11 is 0. The molecule has 0 aromatic heterocycles. The molecule has 0 spiro atoms. The van der Waals surface area contributed by atoms with E-state index in [0.717, 1.165) is 6.42 Å². The number of hydrogen-bond acceptors (Lipinski definition) is 3. The van der Waals surface area contributed by atoms with Gasteiger partial charge in [-0.15, -0.1) is 0 Å². The van der Waals surface area contributed by atoms with Gasteiger partial charge >= 0.3 is 12.0 Å². The number of hydrogen-bond donors (Lipinski definition) is 4.